The molecular weight excluding hydrogens is 348 g/mol. The third-order valence-corrected chi connectivity index (χ3v) is 5.04. The number of carbonyl (C=O) groups excluding carboxylic acids is 3. The van der Waals surface area contributed by atoms with Crippen molar-refractivity contribution in [1.82, 2.24) is 10.6 Å². The van der Waals surface area contributed by atoms with Gasteiger partial charge in [-0.3, -0.25) is 10.1 Å². The van der Waals surface area contributed by atoms with Crippen molar-refractivity contribution in [2.24, 2.45) is 5.92 Å². The average Bonchev–Trinajstić information content (AvgIpc) is 2.99. The van der Waals surface area contributed by atoms with Crippen molar-refractivity contribution in [3.63, 3.8) is 0 Å². The molecule has 1 aromatic heterocycles. The number of urea groups is 1. The number of hydrogen-bond donors (Lipinski definition) is 2. The number of ether oxygens (including phenoxy) is 1. The standard InChI is InChI=1S/C20H24N2O5/c1-12-7-3-5-9-15(12)21-20(25)22-17(23)11-26-19(24)18-13(2)14-8-4-6-10-16(14)27-18/h4,6,8,10,12,15H,3,5,7,9,11H2,1-2H3,(H2,21,22,23,25)/t12-,15-/m0/s1. The van der Waals surface area contributed by atoms with Crippen LogP contribution in [0.25, 0.3) is 11.0 Å². The number of esters is 1. The van der Waals surface area contributed by atoms with E-state index in [1.165, 1.54) is 0 Å². The Kier molecular flexibility index (Phi) is 5.78. The molecule has 0 aliphatic heterocycles. The van der Waals surface area contributed by atoms with Gasteiger partial charge in [0.15, 0.2) is 6.61 Å². The average molecular weight is 372 g/mol. The van der Waals surface area contributed by atoms with Gasteiger partial charge in [0, 0.05) is 17.0 Å². The van der Waals surface area contributed by atoms with Gasteiger partial charge in [-0.15, -0.1) is 0 Å². The summed E-state index contributed by atoms with van der Waals surface area (Å²) < 4.78 is 10.5. The molecule has 0 saturated heterocycles. The molecule has 1 aliphatic rings. The van der Waals surface area contributed by atoms with Crippen LogP contribution in [0, 0.1) is 12.8 Å². The summed E-state index contributed by atoms with van der Waals surface area (Å²) >= 11 is 0. The van der Waals surface area contributed by atoms with E-state index in [0.717, 1.165) is 31.1 Å². The van der Waals surface area contributed by atoms with Gasteiger partial charge in [0.05, 0.1) is 0 Å². The Bertz CT molecular complexity index is 857. The number of fused-ring (bicyclic) bond motifs is 1. The molecule has 0 radical (unpaired) electrons. The first kappa shape index (κ1) is 18.9. The van der Waals surface area contributed by atoms with Crippen molar-refractivity contribution in [1.29, 1.82) is 0 Å². The highest BCUT2D eigenvalue weighted by Crippen LogP contribution is 2.25. The molecule has 1 heterocycles. The molecule has 27 heavy (non-hydrogen) atoms. The Hall–Kier alpha value is -2.83. The van der Waals surface area contributed by atoms with Gasteiger partial charge in [-0.1, -0.05) is 38.0 Å². The Morgan fingerprint density at radius 1 is 1.19 bits per heavy atom. The van der Waals surface area contributed by atoms with E-state index < -0.39 is 24.5 Å². The molecule has 3 rings (SSSR count). The lowest BCUT2D eigenvalue weighted by atomic mass is 9.86. The topological polar surface area (TPSA) is 97.6 Å². The number of nitrogens with one attached hydrogen (secondary N) is 2. The highest BCUT2D eigenvalue weighted by Gasteiger charge is 2.24. The van der Waals surface area contributed by atoms with Gasteiger partial charge in [-0.05, 0) is 31.7 Å². The van der Waals surface area contributed by atoms with Crippen molar-refractivity contribution in [2.75, 3.05) is 6.61 Å². The van der Waals surface area contributed by atoms with Gasteiger partial charge in [0.1, 0.15) is 5.58 Å². The van der Waals surface area contributed by atoms with Gasteiger partial charge in [0.25, 0.3) is 5.91 Å². The Morgan fingerprint density at radius 3 is 2.67 bits per heavy atom. The largest absolute Gasteiger partial charge is 0.450 e. The summed E-state index contributed by atoms with van der Waals surface area (Å²) in [5, 5.41) is 5.83. The number of imide groups is 1. The van der Waals surface area contributed by atoms with Crippen LogP contribution in [-0.2, 0) is 9.53 Å². The maximum atomic E-state index is 12.2. The van der Waals surface area contributed by atoms with Gasteiger partial charge < -0.3 is 14.5 Å². The lowest BCUT2D eigenvalue weighted by Crippen LogP contribution is -2.48. The predicted molar refractivity (Wildman–Crippen MR) is 99.3 cm³/mol. The second-order valence-corrected chi connectivity index (χ2v) is 7.02. The van der Waals surface area contributed by atoms with Crippen LogP contribution in [0.15, 0.2) is 28.7 Å². The van der Waals surface area contributed by atoms with Crippen molar-refractivity contribution in [3.8, 4) is 0 Å². The Labute approximate surface area is 157 Å². The maximum absolute atomic E-state index is 12.2. The van der Waals surface area contributed by atoms with Gasteiger partial charge >= 0.3 is 12.0 Å². The molecule has 0 unspecified atom stereocenters. The second-order valence-electron chi connectivity index (χ2n) is 7.02. The molecule has 0 spiro atoms. The van der Waals surface area contributed by atoms with Crippen molar-refractivity contribution in [2.45, 2.75) is 45.6 Å². The monoisotopic (exact) mass is 372 g/mol. The summed E-state index contributed by atoms with van der Waals surface area (Å²) in [7, 11) is 0. The minimum Gasteiger partial charge on any atom is -0.450 e. The van der Waals surface area contributed by atoms with E-state index in [2.05, 4.69) is 17.6 Å². The van der Waals surface area contributed by atoms with Crippen LogP contribution in [0.5, 0.6) is 0 Å². The zero-order chi connectivity index (χ0) is 19.4. The third kappa shape index (κ3) is 4.48. The quantitative estimate of drug-likeness (QED) is 0.803. The van der Waals surface area contributed by atoms with Crippen molar-refractivity contribution < 1.29 is 23.5 Å². The summed E-state index contributed by atoms with van der Waals surface area (Å²) in [6.07, 6.45) is 4.20. The number of amides is 3. The minimum absolute atomic E-state index is 0.0597. The molecule has 0 bridgehead atoms. The smallest absolute Gasteiger partial charge is 0.375 e. The molecule has 1 aliphatic carbocycles. The lowest BCUT2D eigenvalue weighted by molar-refractivity contribution is -0.123. The van der Waals surface area contributed by atoms with Crippen LogP contribution in [0.1, 0.15) is 48.7 Å². The van der Waals surface area contributed by atoms with Gasteiger partial charge in [-0.25, -0.2) is 9.59 Å². The molecular formula is C20H24N2O5. The van der Waals surface area contributed by atoms with E-state index in [1.807, 2.05) is 12.1 Å². The summed E-state index contributed by atoms with van der Waals surface area (Å²) in [6.45, 7) is 3.29. The predicted octanol–water partition coefficient (Wildman–Crippen LogP) is 3.30. The number of rotatable bonds is 4. The molecule has 7 nitrogen and oxygen atoms in total. The first-order valence-electron chi connectivity index (χ1n) is 9.21. The molecule has 2 atom stereocenters. The molecule has 7 heteroatoms. The second kappa shape index (κ2) is 8.24. The zero-order valence-corrected chi connectivity index (χ0v) is 15.5. The normalized spacial score (nSPS) is 19.5. The molecule has 2 aromatic rings. The number of furan rings is 1. The first-order valence-corrected chi connectivity index (χ1v) is 9.21. The fourth-order valence-corrected chi connectivity index (χ4v) is 3.46. The van der Waals surface area contributed by atoms with E-state index in [0.29, 0.717) is 17.1 Å². The number of para-hydroxylation sites is 1. The highest BCUT2D eigenvalue weighted by atomic mass is 16.5. The van der Waals surface area contributed by atoms with Gasteiger partial charge in [0.2, 0.25) is 5.76 Å². The molecule has 3 amide bonds. The zero-order valence-electron chi connectivity index (χ0n) is 15.5. The molecule has 1 fully saturated rings. The summed E-state index contributed by atoms with van der Waals surface area (Å²) in [5.74, 6) is -0.976. The summed E-state index contributed by atoms with van der Waals surface area (Å²) in [4.78, 5) is 36.0. The third-order valence-electron chi connectivity index (χ3n) is 5.04. The molecule has 1 aromatic carbocycles. The number of hydrogen-bond acceptors (Lipinski definition) is 5. The highest BCUT2D eigenvalue weighted by molar-refractivity contribution is 5.98. The van der Waals surface area contributed by atoms with Crippen LogP contribution in [0.2, 0.25) is 0 Å². The van der Waals surface area contributed by atoms with E-state index in [9.17, 15) is 14.4 Å². The summed E-state index contributed by atoms with van der Waals surface area (Å²) in [5.41, 5.74) is 1.23. The Morgan fingerprint density at radius 2 is 1.93 bits per heavy atom. The number of aryl methyl sites for hydroxylation is 1. The van der Waals surface area contributed by atoms with Crippen molar-refractivity contribution >= 4 is 28.9 Å². The molecule has 2 N–H and O–H groups in total. The van der Waals surface area contributed by atoms with E-state index >= 15 is 0 Å². The maximum Gasteiger partial charge on any atom is 0.375 e. The van der Waals surface area contributed by atoms with Crippen molar-refractivity contribution in [3.05, 3.63) is 35.6 Å². The molecule has 144 valence electrons. The minimum atomic E-state index is -0.736. The lowest BCUT2D eigenvalue weighted by Gasteiger charge is -2.29. The first-order chi connectivity index (χ1) is 13.0. The van der Waals surface area contributed by atoms with E-state index in [4.69, 9.17) is 9.15 Å². The van der Waals surface area contributed by atoms with Crippen LogP contribution in [-0.4, -0.2) is 30.6 Å². The fraction of sp³-hybridized carbons (Fsp3) is 0.450. The number of carbonyl (C=O) groups is 3. The van der Waals surface area contributed by atoms with Crippen LogP contribution in [0.4, 0.5) is 4.79 Å². The van der Waals surface area contributed by atoms with Gasteiger partial charge in [-0.2, -0.15) is 0 Å². The number of benzene rings is 1. The SMILES string of the molecule is Cc1c(C(=O)OCC(=O)NC(=O)N[C@H]2CCCC[C@@H]2C)oc2ccccc12. The van der Waals surface area contributed by atoms with Crippen LogP contribution in [0.3, 0.4) is 0 Å². The van der Waals surface area contributed by atoms with E-state index in [1.54, 1.807) is 19.1 Å². The molecule has 1 saturated carbocycles. The van der Waals surface area contributed by atoms with Crippen LogP contribution >= 0.6 is 0 Å². The van der Waals surface area contributed by atoms with E-state index in [-0.39, 0.29) is 11.8 Å². The van der Waals surface area contributed by atoms with Crippen LogP contribution < -0.4 is 10.6 Å². The Balaban J connectivity index is 1.50. The fourth-order valence-electron chi connectivity index (χ4n) is 3.46. The summed E-state index contributed by atoms with van der Waals surface area (Å²) in [6, 6.07) is 6.75.